The van der Waals surface area contributed by atoms with E-state index in [9.17, 15) is 18.0 Å². The molecule has 0 saturated heterocycles. The van der Waals surface area contributed by atoms with Gasteiger partial charge >= 0.3 is 11.9 Å². The molecule has 8 nitrogen and oxygen atoms in total. The van der Waals surface area contributed by atoms with Crippen molar-refractivity contribution in [3.8, 4) is 0 Å². The molecule has 0 spiro atoms. The molecule has 1 aromatic heterocycles. The van der Waals surface area contributed by atoms with Crippen LogP contribution in [0.15, 0.2) is 10.3 Å². The minimum atomic E-state index is -4.13. The van der Waals surface area contributed by atoms with Crippen molar-refractivity contribution < 1.29 is 27.9 Å². The number of rotatable bonds is 5. The number of nitrogens with one attached hydrogen (secondary N) is 1. The normalized spacial score (nSPS) is 13.0. The topological polar surface area (TPSA) is 123 Å². The number of hydrogen-bond acceptors (Lipinski definition) is 7. The van der Waals surface area contributed by atoms with Crippen LogP contribution in [-0.4, -0.2) is 43.0 Å². The lowest BCUT2D eigenvalue weighted by Crippen LogP contribution is -2.38. The number of ether oxygens (including phenoxy) is 1. The molecule has 0 radical (unpaired) electrons. The van der Waals surface area contributed by atoms with E-state index < -0.39 is 32.9 Å². The maximum Gasteiger partial charge on any atom is 0.359 e. The second-order valence-electron chi connectivity index (χ2n) is 3.20. The van der Waals surface area contributed by atoms with Crippen molar-refractivity contribution in [3.05, 3.63) is 11.1 Å². The number of carboxylic acid groups (broad SMARTS) is 1. The number of methoxy groups -OCH3 is 1. The van der Waals surface area contributed by atoms with Gasteiger partial charge in [0.2, 0.25) is 10.0 Å². The Bertz CT molecular complexity index is 564. The average molecular weight is 294 g/mol. The van der Waals surface area contributed by atoms with E-state index in [2.05, 4.69) is 9.11 Å². The zero-order chi connectivity index (χ0) is 13.9. The van der Waals surface area contributed by atoms with Crippen LogP contribution in [0, 0.1) is 0 Å². The lowest BCUT2D eigenvalue weighted by Gasteiger charge is -2.09. The molecule has 1 heterocycles. The first-order valence-corrected chi connectivity index (χ1v) is 6.89. The van der Waals surface area contributed by atoms with Crippen LogP contribution < -0.4 is 4.72 Å². The average Bonchev–Trinajstić information content (AvgIpc) is 2.76. The van der Waals surface area contributed by atoms with Gasteiger partial charge < -0.3 is 9.84 Å². The summed E-state index contributed by atoms with van der Waals surface area (Å²) >= 11 is 0.755. The molecule has 18 heavy (non-hydrogen) atoms. The third-order valence-corrected chi connectivity index (χ3v) is 4.24. The SMILES string of the molecule is COC(=O)c1nscc1S(=O)(=O)N[C@@H](C)C(=O)O. The number of nitrogens with zero attached hydrogens (tertiary/aromatic N) is 1. The zero-order valence-electron chi connectivity index (χ0n) is 9.41. The Hall–Kier alpha value is -1.52. The van der Waals surface area contributed by atoms with Crippen molar-refractivity contribution in [1.29, 1.82) is 0 Å². The van der Waals surface area contributed by atoms with Crippen molar-refractivity contribution in [2.75, 3.05) is 7.11 Å². The van der Waals surface area contributed by atoms with E-state index in [-0.39, 0.29) is 5.69 Å². The van der Waals surface area contributed by atoms with E-state index >= 15 is 0 Å². The molecule has 1 rings (SSSR count). The highest BCUT2D eigenvalue weighted by Gasteiger charge is 2.28. The summed E-state index contributed by atoms with van der Waals surface area (Å²) in [5, 5.41) is 9.76. The molecule has 0 amide bonds. The second kappa shape index (κ2) is 5.42. The van der Waals surface area contributed by atoms with Crippen LogP contribution in [0.25, 0.3) is 0 Å². The number of aromatic nitrogens is 1. The summed E-state index contributed by atoms with van der Waals surface area (Å²) in [5.41, 5.74) is -0.368. The monoisotopic (exact) mass is 294 g/mol. The minimum Gasteiger partial charge on any atom is -0.480 e. The number of carboxylic acids is 1. The summed E-state index contributed by atoms with van der Waals surface area (Å²) in [5.74, 6) is -2.24. The lowest BCUT2D eigenvalue weighted by molar-refractivity contribution is -0.138. The Kier molecular flexibility index (Phi) is 4.38. The predicted molar refractivity (Wildman–Crippen MR) is 60.9 cm³/mol. The first-order valence-electron chi connectivity index (χ1n) is 4.57. The fraction of sp³-hybridized carbons (Fsp3) is 0.375. The van der Waals surface area contributed by atoms with E-state index in [0.717, 1.165) is 30.9 Å². The highest BCUT2D eigenvalue weighted by Crippen LogP contribution is 2.18. The number of hydrogen-bond donors (Lipinski definition) is 2. The van der Waals surface area contributed by atoms with Crippen LogP contribution in [0.5, 0.6) is 0 Å². The van der Waals surface area contributed by atoms with Crippen molar-refractivity contribution >= 4 is 33.5 Å². The second-order valence-corrected chi connectivity index (χ2v) is 5.51. The van der Waals surface area contributed by atoms with Gasteiger partial charge in [0.25, 0.3) is 0 Å². The Labute approximate surface area is 107 Å². The van der Waals surface area contributed by atoms with Crippen LogP contribution in [0.4, 0.5) is 0 Å². The van der Waals surface area contributed by atoms with E-state index in [1.54, 1.807) is 0 Å². The first-order chi connectivity index (χ1) is 8.29. The molecule has 2 N–H and O–H groups in total. The molecule has 0 aliphatic carbocycles. The summed E-state index contributed by atoms with van der Waals surface area (Å²) < 4.78 is 33.6. The fourth-order valence-corrected chi connectivity index (χ4v) is 3.31. The van der Waals surface area contributed by atoms with Gasteiger partial charge in [-0.25, -0.2) is 13.2 Å². The Morgan fingerprint density at radius 3 is 2.67 bits per heavy atom. The van der Waals surface area contributed by atoms with Crippen molar-refractivity contribution in [1.82, 2.24) is 9.10 Å². The molecule has 100 valence electrons. The fourth-order valence-electron chi connectivity index (χ4n) is 0.999. The Morgan fingerprint density at radius 2 is 2.17 bits per heavy atom. The lowest BCUT2D eigenvalue weighted by atomic mass is 10.4. The van der Waals surface area contributed by atoms with Gasteiger partial charge in [0.05, 0.1) is 7.11 Å². The van der Waals surface area contributed by atoms with Crippen LogP contribution in [-0.2, 0) is 19.6 Å². The van der Waals surface area contributed by atoms with Crippen molar-refractivity contribution in [2.45, 2.75) is 17.9 Å². The maximum absolute atomic E-state index is 11.8. The maximum atomic E-state index is 11.8. The van der Waals surface area contributed by atoms with Crippen molar-refractivity contribution in [2.24, 2.45) is 0 Å². The Morgan fingerprint density at radius 1 is 1.56 bits per heavy atom. The molecule has 0 saturated carbocycles. The zero-order valence-corrected chi connectivity index (χ0v) is 11.0. The minimum absolute atomic E-state index is 0.368. The summed E-state index contributed by atoms with van der Waals surface area (Å²) in [6, 6.07) is -1.32. The Balaban J connectivity index is 3.10. The van der Waals surface area contributed by atoms with E-state index in [4.69, 9.17) is 5.11 Å². The van der Waals surface area contributed by atoms with Crippen LogP contribution in [0.3, 0.4) is 0 Å². The van der Waals surface area contributed by atoms with Crippen LogP contribution in [0.2, 0.25) is 0 Å². The molecule has 1 aromatic rings. The van der Waals surface area contributed by atoms with E-state index in [1.807, 2.05) is 4.72 Å². The standard InChI is InChI=1S/C8H10N2O6S2/c1-4(7(11)12)10-18(14,15)5-3-17-9-6(5)8(13)16-2/h3-4,10H,1-2H3,(H,11,12)/t4-/m0/s1. The quantitative estimate of drug-likeness (QED) is 0.713. The molecule has 0 aromatic carbocycles. The van der Waals surface area contributed by atoms with Gasteiger partial charge in [0.15, 0.2) is 5.69 Å². The molecule has 0 bridgehead atoms. The van der Waals surface area contributed by atoms with Crippen LogP contribution >= 0.6 is 11.5 Å². The predicted octanol–water partition coefficient (Wildman–Crippen LogP) is -0.319. The molecule has 0 aliphatic rings. The molecule has 1 atom stereocenters. The van der Waals surface area contributed by atoms with Crippen LogP contribution in [0.1, 0.15) is 17.4 Å². The van der Waals surface area contributed by atoms with Gasteiger partial charge in [-0.3, -0.25) is 4.79 Å². The summed E-state index contributed by atoms with van der Waals surface area (Å²) in [6.07, 6.45) is 0. The summed E-state index contributed by atoms with van der Waals surface area (Å²) in [4.78, 5) is 21.5. The molecule has 0 unspecified atom stereocenters. The van der Waals surface area contributed by atoms with Gasteiger partial charge in [-0.2, -0.15) is 9.10 Å². The first kappa shape index (κ1) is 14.5. The molecular weight excluding hydrogens is 284 g/mol. The van der Waals surface area contributed by atoms with E-state index in [0.29, 0.717) is 0 Å². The molecule has 0 aliphatic heterocycles. The third-order valence-electron chi connectivity index (χ3n) is 1.91. The van der Waals surface area contributed by atoms with Gasteiger partial charge in [0.1, 0.15) is 10.9 Å². The van der Waals surface area contributed by atoms with Gasteiger partial charge in [-0.1, -0.05) is 0 Å². The number of carbonyl (C=O) groups is 2. The third kappa shape index (κ3) is 3.03. The van der Waals surface area contributed by atoms with Crippen molar-refractivity contribution in [3.63, 3.8) is 0 Å². The number of aliphatic carboxylic acids is 1. The molecule has 0 fully saturated rings. The van der Waals surface area contributed by atoms with Gasteiger partial charge in [-0.15, -0.1) is 0 Å². The largest absolute Gasteiger partial charge is 0.480 e. The number of sulfonamides is 1. The summed E-state index contributed by atoms with van der Waals surface area (Å²) in [6.45, 7) is 1.16. The molecular formula is C8H10N2O6S2. The number of esters is 1. The van der Waals surface area contributed by atoms with Gasteiger partial charge in [0, 0.05) is 5.38 Å². The highest BCUT2D eigenvalue weighted by atomic mass is 32.2. The van der Waals surface area contributed by atoms with E-state index in [1.165, 1.54) is 0 Å². The number of carbonyl (C=O) groups excluding carboxylic acids is 1. The highest BCUT2D eigenvalue weighted by molar-refractivity contribution is 7.89. The van der Waals surface area contributed by atoms with Gasteiger partial charge in [-0.05, 0) is 18.5 Å². The summed E-state index contributed by atoms with van der Waals surface area (Å²) in [7, 11) is -3.04. The smallest absolute Gasteiger partial charge is 0.359 e. The molecule has 10 heteroatoms.